The minimum Gasteiger partial charge on any atom is -0.458 e. The van der Waals surface area contributed by atoms with Gasteiger partial charge in [-0.05, 0) is 19.3 Å². The summed E-state index contributed by atoms with van der Waals surface area (Å²) in [6, 6.07) is 0. The number of carbonyl (C=O) groups is 1. The van der Waals surface area contributed by atoms with Crippen LogP contribution >= 0.6 is 0 Å². The Hall–Kier alpha value is -0.790. The zero-order chi connectivity index (χ0) is 13.1. The van der Waals surface area contributed by atoms with Crippen LogP contribution in [0.2, 0.25) is 0 Å². The Morgan fingerprint density at radius 3 is 1.94 bits per heavy atom. The zero-order valence-electron chi connectivity index (χ0n) is 11.7. The number of rotatable bonds is 1. The maximum Gasteiger partial charge on any atom is 0.306 e. The van der Waals surface area contributed by atoms with Gasteiger partial charge in [-0.25, -0.2) is 0 Å². The zero-order valence-corrected chi connectivity index (χ0v) is 11.7. The molecule has 104 valence electrons. The quantitative estimate of drug-likeness (QED) is 0.496. The van der Waals surface area contributed by atoms with E-state index in [2.05, 4.69) is 6.58 Å². The van der Waals surface area contributed by atoms with E-state index < -0.39 is 0 Å². The van der Waals surface area contributed by atoms with Crippen LogP contribution in [-0.2, 0) is 9.53 Å². The molecule has 1 unspecified atom stereocenters. The molecule has 1 aliphatic heterocycles. The summed E-state index contributed by atoms with van der Waals surface area (Å²) < 4.78 is 5.42. The topological polar surface area (TPSA) is 26.3 Å². The van der Waals surface area contributed by atoms with Crippen LogP contribution in [0.5, 0.6) is 0 Å². The molecular formula is C16H28O2. The fourth-order valence-electron chi connectivity index (χ4n) is 2.48. The van der Waals surface area contributed by atoms with Crippen molar-refractivity contribution >= 4 is 5.97 Å². The summed E-state index contributed by atoms with van der Waals surface area (Å²) in [7, 11) is 0. The number of esters is 1. The van der Waals surface area contributed by atoms with Crippen LogP contribution in [0, 0.1) is 0 Å². The van der Waals surface area contributed by atoms with Gasteiger partial charge in [0.15, 0.2) is 0 Å². The fraction of sp³-hybridized carbons (Fsp3) is 0.812. The molecule has 1 aliphatic rings. The van der Waals surface area contributed by atoms with Crippen LogP contribution in [0.25, 0.3) is 0 Å². The first-order valence-corrected chi connectivity index (χ1v) is 7.65. The molecule has 1 fully saturated rings. The molecule has 1 saturated heterocycles. The smallest absolute Gasteiger partial charge is 0.306 e. The molecule has 1 atom stereocenters. The van der Waals surface area contributed by atoms with Gasteiger partial charge in [-0.2, -0.15) is 0 Å². The molecule has 2 heteroatoms. The molecular weight excluding hydrogens is 224 g/mol. The lowest BCUT2D eigenvalue weighted by atomic mass is 10.0. The number of hydrogen-bond acceptors (Lipinski definition) is 2. The molecule has 0 spiro atoms. The van der Waals surface area contributed by atoms with Gasteiger partial charge >= 0.3 is 5.97 Å². The van der Waals surface area contributed by atoms with Gasteiger partial charge in [0, 0.05) is 6.42 Å². The predicted octanol–water partition coefficient (Wildman–Crippen LogP) is 4.78. The second-order valence-corrected chi connectivity index (χ2v) is 5.34. The van der Waals surface area contributed by atoms with E-state index in [4.69, 9.17) is 4.74 Å². The van der Waals surface area contributed by atoms with Crippen molar-refractivity contribution in [2.24, 2.45) is 0 Å². The summed E-state index contributed by atoms with van der Waals surface area (Å²) in [5.41, 5.74) is 0. The molecule has 0 amide bonds. The molecule has 0 radical (unpaired) electrons. The van der Waals surface area contributed by atoms with Gasteiger partial charge in [0.05, 0.1) is 0 Å². The van der Waals surface area contributed by atoms with Gasteiger partial charge in [0.2, 0.25) is 0 Å². The van der Waals surface area contributed by atoms with Crippen molar-refractivity contribution in [3.05, 3.63) is 12.7 Å². The highest BCUT2D eigenvalue weighted by molar-refractivity contribution is 5.69. The third kappa shape index (κ3) is 7.52. The Morgan fingerprint density at radius 2 is 1.39 bits per heavy atom. The summed E-state index contributed by atoms with van der Waals surface area (Å²) in [4.78, 5) is 11.6. The van der Waals surface area contributed by atoms with Crippen molar-refractivity contribution in [2.75, 3.05) is 0 Å². The third-order valence-corrected chi connectivity index (χ3v) is 3.67. The summed E-state index contributed by atoms with van der Waals surface area (Å²) >= 11 is 0. The second-order valence-electron chi connectivity index (χ2n) is 5.34. The minimum atomic E-state index is -0.0670. The molecule has 0 N–H and O–H groups in total. The maximum absolute atomic E-state index is 11.6. The van der Waals surface area contributed by atoms with Crippen LogP contribution in [0.1, 0.15) is 77.0 Å². The van der Waals surface area contributed by atoms with E-state index in [0.29, 0.717) is 6.42 Å². The minimum absolute atomic E-state index is 0.0465. The highest BCUT2D eigenvalue weighted by atomic mass is 16.5. The summed E-state index contributed by atoms with van der Waals surface area (Å²) in [6.07, 6.45) is 15.7. The first-order chi connectivity index (χ1) is 8.83. The average Bonchev–Trinajstić information content (AvgIpc) is 2.38. The van der Waals surface area contributed by atoms with Gasteiger partial charge in [0.1, 0.15) is 6.10 Å². The first kappa shape index (κ1) is 15.3. The van der Waals surface area contributed by atoms with Crippen molar-refractivity contribution in [1.82, 2.24) is 0 Å². The lowest BCUT2D eigenvalue weighted by Crippen LogP contribution is -2.15. The molecule has 0 aromatic rings. The molecule has 0 aromatic carbocycles. The number of ether oxygens (including phenoxy) is 1. The van der Waals surface area contributed by atoms with Gasteiger partial charge in [-0.3, -0.25) is 4.79 Å². The van der Waals surface area contributed by atoms with Gasteiger partial charge < -0.3 is 4.74 Å². The summed E-state index contributed by atoms with van der Waals surface area (Å²) in [5.74, 6) is -0.0465. The molecule has 0 aromatic heterocycles. The molecule has 2 nitrogen and oxygen atoms in total. The van der Waals surface area contributed by atoms with Crippen molar-refractivity contribution in [1.29, 1.82) is 0 Å². The molecule has 18 heavy (non-hydrogen) atoms. The van der Waals surface area contributed by atoms with Crippen LogP contribution in [0.3, 0.4) is 0 Å². The third-order valence-electron chi connectivity index (χ3n) is 3.67. The van der Waals surface area contributed by atoms with E-state index in [1.807, 2.05) is 0 Å². The lowest BCUT2D eigenvalue weighted by molar-refractivity contribution is -0.147. The molecule has 1 rings (SSSR count). The fourth-order valence-corrected chi connectivity index (χ4v) is 2.48. The van der Waals surface area contributed by atoms with Gasteiger partial charge in [-0.1, -0.05) is 64.0 Å². The predicted molar refractivity (Wildman–Crippen MR) is 75.5 cm³/mol. The Labute approximate surface area is 112 Å². The standard InChI is InChI=1S/C16H28O2/c1-2-15-13-11-9-7-5-3-4-6-8-10-12-14-16(17)18-15/h2,15H,1,3-14H2. The molecule has 0 saturated carbocycles. The van der Waals surface area contributed by atoms with Crippen LogP contribution in [0.15, 0.2) is 12.7 Å². The Kier molecular flexibility index (Phi) is 8.62. The van der Waals surface area contributed by atoms with Crippen LogP contribution < -0.4 is 0 Å². The highest BCUT2D eigenvalue weighted by Gasteiger charge is 2.10. The summed E-state index contributed by atoms with van der Waals surface area (Å²) in [5, 5.41) is 0. The Balaban J connectivity index is 2.32. The van der Waals surface area contributed by atoms with Crippen molar-refractivity contribution in [3.63, 3.8) is 0 Å². The Bertz CT molecular complexity index is 235. The van der Waals surface area contributed by atoms with Crippen LogP contribution in [0.4, 0.5) is 0 Å². The van der Waals surface area contributed by atoms with E-state index in [9.17, 15) is 4.79 Å². The molecule has 0 aliphatic carbocycles. The summed E-state index contributed by atoms with van der Waals surface area (Å²) in [6.45, 7) is 3.76. The monoisotopic (exact) mass is 252 g/mol. The maximum atomic E-state index is 11.6. The number of cyclic esters (lactones) is 1. The van der Waals surface area contributed by atoms with Crippen molar-refractivity contribution in [3.8, 4) is 0 Å². The van der Waals surface area contributed by atoms with Crippen molar-refractivity contribution < 1.29 is 9.53 Å². The second kappa shape index (κ2) is 10.2. The van der Waals surface area contributed by atoms with Gasteiger partial charge in [-0.15, -0.1) is 0 Å². The van der Waals surface area contributed by atoms with E-state index in [0.717, 1.165) is 25.7 Å². The van der Waals surface area contributed by atoms with E-state index in [1.54, 1.807) is 6.08 Å². The van der Waals surface area contributed by atoms with Gasteiger partial charge in [0.25, 0.3) is 0 Å². The SMILES string of the molecule is C=CC1CCCCCCCCCCCCC(=O)O1. The van der Waals surface area contributed by atoms with Crippen LogP contribution in [-0.4, -0.2) is 12.1 Å². The number of carbonyl (C=O) groups excluding carboxylic acids is 1. The molecule has 0 bridgehead atoms. The largest absolute Gasteiger partial charge is 0.458 e. The first-order valence-electron chi connectivity index (χ1n) is 7.65. The molecule has 1 heterocycles. The van der Waals surface area contributed by atoms with Crippen molar-refractivity contribution in [2.45, 2.75) is 83.2 Å². The van der Waals surface area contributed by atoms with E-state index >= 15 is 0 Å². The van der Waals surface area contributed by atoms with E-state index in [-0.39, 0.29) is 12.1 Å². The normalized spacial score (nSPS) is 25.6. The van der Waals surface area contributed by atoms with E-state index in [1.165, 1.54) is 44.9 Å². The average molecular weight is 252 g/mol. The number of hydrogen-bond donors (Lipinski definition) is 0. The highest BCUT2D eigenvalue weighted by Crippen LogP contribution is 2.15. The lowest BCUT2D eigenvalue weighted by Gasteiger charge is -2.13. The Morgan fingerprint density at radius 1 is 0.889 bits per heavy atom.